The summed E-state index contributed by atoms with van der Waals surface area (Å²) in [5, 5.41) is 20.4. The Balaban J connectivity index is 2.27. The summed E-state index contributed by atoms with van der Waals surface area (Å²) in [5.41, 5.74) is 2.02. The fraction of sp³-hybridized carbons (Fsp3) is 0.500. The van der Waals surface area contributed by atoms with Gasteiger partial charge in [-0.2, -0.15) is 5.10 Å². The van der Waals surface area contributed by atoms with Crippen molar-refractivity contribution >= 4 is 11.2 Å². The molecule has 0 amide bonds. The second-order valence-electron chi connectivity index (χ2n) is 2.98. The Morgan fingerprint density at radius 1 is 1.53 bits per heavy atom. The first-order chi connectivity index (χ1) is 7.33. The number of aliphatic hydroxyl groups excluding tert-OH is 1. The highest BCUT2D eigenvalue weighted by atomic mass is 16.5. The van der Waals surface area contributed by atoms with Crippen LogP contribution in [-0.4, -0.2) is 43.3 Å². The average Bonchev–Trinajstić information content (AvgIpc) is 2.58. The van der Waals surface area contributed by atoms with Crippen molar-refractivity contribution in [1.29, 1.82) is 0 Å². The van der Waals surface area contributed by atoms with E-state index in [-0.39, 0.29) is 13.2 Å². The molecule has 0 radical (unpaired) electrons. The van der Waals surface area contributed by atoms with E-state index in [2.05, 4.69) is 20.3 Å². The Kier molecular flexibility index (Phi) is 2.84. The fourth-order valence-electron chi connectivity index (χ4n) is 1.30. The second kappa shape index (κ2) is 4.28. The molecule has 0 spiro atoms. The topological polar surface area (TPSA) is 86.0 Å². The lowest BCUT2D eigenvalue weighted by Gasteiger charge is -1.97. The zero-order valence-electron chi connectivity index (χ0n) is 8.29. The van der Waals surface area contributed by atoms with E-state index < -0.39 is 0 Å². The van der Waals surface area contributed by atoms with Crippen molar-refractivity contribution in [1.82, 2.24) is 25.0 Å². The van der Waals surface area contributed by atoms with Crippen LogP contribution in [0.5, 0.6) is 0 Å². The number of rotatable bonds is 4. The Morgan fingerprint density at radius 2 is 2.40 bits per heavy atom. The fourth-order valence-corrected chi connectivity index (χ4v) is 1.30. The van der Waals surface area contributed by atoms with Gasteiger partial charge in [-0.05, 0) is 0 Å². The standard InChI is InChI=1S/C8H11N5O2/c1-13-8-7(9-5-10-11-8)6(12-13)4-15-3-2-14/h5,14H,2-4H2,1H3. The first-order valence-corrected chi connectivity index (χ1v) is 4.51. The van der Waals surface area contributed by atoms with Crippen LogP contribution in [0.2, 0.25) is 0 Å². The van der Waals surface area contributed by atoms with Crippen LogP contribution in [0.3, 0.4) is 0 Å². The highest BCUT2D eigenvalue weighted by Gasteiger charge is 2.10. The summed E-state index contributed by atoms with van der Waals surface area (Å²) in [6.45, 7) is 0.602. The van der Waals surface area contributed by atoms with Crippen molar-refractivity contribution in [2.24, 2.45) is 7.05 Å². The molecule has 7 nitrogen and oxygen atoms in total. The van der Waals surface area contributed by atoms with Gasteiger partial charge in [0, 0.05) is 7.05 Å². The van der Waals surface area contributed by atoms with Crippen LogP contribution < -0.4 is 0 Å². The molecule has 2 rings (SSSR count). The van der Waals surface area contributed by atoms with Crippen LogP contribution in [0.25, 0.3) is 11.2 Å². The van der Waals surface area contributed by atoms with Gasteiger partial charge in [-0.15, -0.1) is 10.2 Å². The molecule has 2 heterocycles. The third-order valence-electron chi connectivity index (χ3n) is 1.93. The van der Waals surface area contributed by atoms with Gasteiger partial charge in [0.2, 0.25) is 0 Å². The summed E-state index contributed by atoms with van der Waals surface area (Å²) >= 11 is 0. The average molecular weight is 209 g/mol. The molecule has 0 unspecified atom stereocenters. The Morgan fingerprint density at radius 3 is 3.20 bits per heavy atom. The molecular formula is C8H11N5O2. The van der Waals surface area contributed by atoms with E-state index in [1.165, 1.54) is 6.33 Å². The van der Waals surface area contributed by atoms with Gasteiger partial charge in [0.05, 0.1) is 19.8 Å². The van der Waals surface area contributed by atoms with E-state index in [0.717, 1.165) is 0 Å². The number of aliphatic hydroxyl groups is 1. The summed E-state index contributed by atoms with van der Waals surface area (Å²) in [7, 11) is 1.77. The highest BCUT2D eigenvalue weighted by molar-refractivity contribution is 5.72. The molecule has 0 aliphatic heterocycles. The van der Waals surface area contributed by atoms with Gasteiger partial charge >= 0.3 is 0 Å². The maximum Gasteiger partial charge on any atom is 0.199 e. The lowest BCUT2D eigenvalue weighted by molar-refractivity contribution is 0.0799. The first kappa shape index (κ1) is 9.94. The lowest BCUT2D eigenvalue weighted by Crippen LogP contribution is -2.00. The summed E-state index contributed by atoms with van der Waals surface area (Å²) in [6, 6.07) is 0. The van der Waals surface area contributed by atoms with Crippen molar-refractivity contribution in [2.75, 3.05) is 13.2 Å². The van der Waals surface area contributed by atoms with Crippen LogP contribution >= 0.6 is 0 Å². The zero-order chi connectivity index (χ0) is 10.7. The smallest absolute Gasteiger partial charge is 0.199 e. The van der Waals surface area contributed by atoms with Gasteiger partial charge < -0.3 is 9.84 Å². The van der Waals surface area contributed by atoms with E-state index in [4.69, 9.17) is 9.84 Å². The van der Waals surface area contributed by atoms with E-state index in [1.54, 1.807) is 11.7 Å². The maximum atomic E-state index is 8.57. The Labute approximate surface area is 85.7 Å². The maximum absolute atomic E-state index is 8.57. The number of hydrogen-bond donors (Lipinski definition) is 1. The van der Waals surface area contributed by atoms with Gasteiger partial charge in [0.25, 0.3) is 0 Å². The SMILES string of the molecule is Cn1nc(COCCO)c2ncnnc21. The molecule has 2 aromatic heterocycles. The number of hydrogen-bond acceptors (Lipinski definition) is 6. The molecule has 0 aromatic carbocycles. The molecule has 15 heavy (non-hydrogen) atoms. The van der Waals surface area contributed by atoms with Crippen molar-refractivity contribution in [3.8, 4) is 0 Å². The molecule has 0 aliphatic rings. The summed E-state index contributed by atoms with van der Waals surface area (Å²) in [5.74, 6) is 0. The van der Waals surface area contributed by atoms with Crippen LogP contribution in [0.4, 0.5) is 0 Å². The van der Waals surface area contributed by atoms with E-state index in [1.807, 2.05) is 0 Å². The largest absolute Gasteiger partial charge is 0.394 e. The van der Waals surface area contributed by atoms with E-state index >= 15 is 0 Å². The van der Waals surface area contributed by atoms with Crippen LogP contribution in [0, 0.1) is 0 Å². The number of fused-ring (bicyclic) bond motifs is 1. The Bertz CT molecular complexity index is 455. The van der Waals surface area contributed by atoms with Crippen molar-refractivity contribution < 1.29 is 9.84 Å². The van der Waals surface area contributed by atoms with Crippen molar-refractivity contribution in [3.05, 3.63) is 12.0 Å². The van der Waals surface area contributed by atoms with Crippen LogP contribution in [-0.2, 0) is 18.4 Å². The van der Waals surface area contributed by atoms with Crippen molar-refractivity contribution in [2.45, 2.75) is 6.61 Å². The first-order valence-electron chi connectivity index (χ1n) is 4.51. The zero-order valence-corrected chi connectivity index (χ0v) is 8.29. The monoisotopic (exact) mass is 209 g/mol. The molecule has 0 saturated heterocycles. The number of nitrogens with zero attached hydrogens (tertiary/aromatic N) is 5. The minimum Gasteiger partial charge on any atom is -0.394 e. The molecule has 0 saturated carbocycles. The molecule has 0 fully saturated rings. The minimum atomic E-state index is -0.00198. The van der Waals surface area contributed by atoms with Gasteiger partial charge in [-0.1, -0.05) is 0 Å². The van der Waals surface area contributed by atoms with Gasteiger partial charge in [-0.25, -0.2) is 9.67 Å². The Hall–Kier alpha value is -1.60. The predicted molar refractivity (Wildman–Crippen MR) is 50.8 cm³/mol. The molecule has 0 atom stereocenters. The highest BCUT2D eigenvalue weighted by Crippen LogP contribution is 2.11. The molecule has 0 bridgehead atoms. The summed E-state index contributed by atoms with van der Waals surface area (Å²) in [6.07, 6.45) is 1.37. The number of ether oxygens (including phenoxy) is 1. The number of aromatic nitrogens is 5. The second-order valence-corrected chi connectivity index (χ2v) is 2.98. The third-order valence-corrected chi connectivity index (χ3v) is 1.93. The molecule has 2 aromatic rings. The molecular weight excluding hydrogens is 198 g/mol. The number of aryl methyl sites for hydroxylation is 1. The predicted octanol–water partition coefficient (Wildman–Crippen LogP) is -0.733. The van der Waals surface area contributed by atoms with Crippen LogP contribution in [0.15, 0.2) is 6.33 Å². The van der Waals surface area contributed by atoms with Gasteiger partial charge in [-0.3, -0.25) is 0 Å². The van der Waals surface area contributed by atoms with Crippen molar-refractivity contribution in [3.63, 3.8) is 0 Å². The normalized spacial score (nSPS) is 11.1. The summed E-state index contributed by atoms with van der Waals surface area (Å²) < 4.78 is 6.78. The third kappa shape index (κ3) is 1.92. The molecule has 1 N–H and O–H groups in total. The van der Waals surface area contributed by atoms with E-state index in [0.29, 0.717) is 23.5 Å². The lowest BCUT2D eigenvalue weighted by atomic mass is 10.4. The quantitative estimate of drug-likeness (QED) is 0.668. The molecule has 80 valence electrons. The van der Waals surface area contributed by atoms with Gasteiger partial charge in [0.1, 0.15) is 17.5 Å². The van der Waals surface area contributed by atoms with Crippen LogP contribution in [0.1, 0.15) is 5.69 Å². The molecule has 7 heteroatoms. The molecule has 0 aliphatic carbocycles. The van der Waals surface area contributed by atoms with Gasteiger partial charge in [0.15, 0.2) is 5.65 Å². The van der Waals surface area contributed by atoms with E-state index in [9.17, 15) is 0 Å². The minimum absolute atomic E-state index is 0.00198. The summed E-state index contributed by atoms with van der Waals surface area (Å²) in [4.78, 5) is 4.08.